The monoisotopic (exact) mass is 608 g/mol. The molecule has 0 bridgehead atoms. The summed E-state index contributed by atoms with van der Waals surface area (Å²) in [6.45, 7) is 0. The van der Waals surface area contributed by atoms with E-state index in [2.05, 4.69) is 131 Å². The fourth-order valence-electron chi connectivity index (χ4n) is 4.36. The second kappa shape index (κ2) is 18.0. The molecule has 4 aromatic rings. The Morgan fingerprint density at radius 2 is 0.629 bits per heavy atom. The molecule has 0 aliphatic heterocycles. The van der Waals surface area contributed by atoms with Crippen molar-refractivity contribution in [3.63, 3.8) is 0 Å². The van der Waals surface area contributed by atoms with Crippen molar-refractivity contribution in [1.29, 1.82) is 0 Å². The molecule has 0 heterocycles. The summed E-state index contributed by atoms with van der Waals surface area (Å²) in [5.74, 6) is 1.25. The van der Waals surface area contributed by atoms with Gasteiger partial charge < -0.3 is 7.43 Å². The topological polar surface area (TPSA) is 0 Å². The van der Waals surface area contributed by atoms with Gasteiger partial charge in [0.05, 0.1) is 0 Å². The SMILES string of the molecule is C1CCCC1.[CH3-].[Cl][Ru+].c1ccc([PH+](C[PH+](c2ccccc2)c2ccccc2)c2ccccc2)cc1. The molecule has 35 heavy (non-hydrogen) atoms. The summed E-state index contributed by atoms with van der Waals surface area (Å²) in [4.78, 5) is 0. The summed E-state index contributed by atoms with van der Waals surface area (Å²) in [6, 6.07) is 44.5. The average molecular weight is 608 g/mol. The number of rotatable bonds is 6. The van der Waals surface area contributed by atoms with Crippen molar-refractivity contribution in [1.82, 2.24) is 0 Å². The molecule has 0 radical (unpaired) electrons. The number of hydrogen-bond acceptors (Lipinski definition) is 0. The van der Waals surface area contributed by atoms with Gasteiger partial charge in [0.15, 0.2) is 5.90 Å². The second-order valence-electron chi connectivity index (χ2n) is 8.37. The zero-order chi connectivity index (χ0) is 23.8. The summed E-state index contributed by atoms with van der Waals surface area (Å²) in [7, 11) is 2.87. The smallest absolute Gasteiger partial charge is 0.0620 e. The van der Waals surface area contributed by atoms with Gasteiger partial charge in [-0.15, -0.1) is 0 Å². The molecule has 0 nitrogen and oxygen atoms in total. The summed E-state index contributed by atoms with van der Waals surface area (Å²) >= 11 is 1.82. The van der Waals surface area contributed by atoms with Crippen molar-refractivity contribution in [2.75, 3.05) is 5.90 Å². The quantitative estimate of drug-likeness (QED) is 0.119. The van der Waals surface area contributed by atoms with Crippen molar-refractivity contribution in [2.45, 2.75) is 32.1 Å². The van der Waals surface area contributed by atoms with Crippen LogP contribution in [-0.2, 0) is 17.3 Å². The van der Waals surface area contributed by atoms with Gasteiger partial charge in [0, 0.05) is 0 Å². The van der Waals surface area contributed by atoms with Gasteiger partial charge in [0.2, 0.25) is 0 Å². The van der Waals surface area contributed by atoms with Crippen LogP contribution in [0.2, 0.25) is 0 Å². The number of halogens is 1. The van der Waals surface area contributed by atoms with Crippen molar-refractivity contribution in [3.8, 4) is 0 Å². The Morgan fingerprint density at radius 3 is 0.829 bits per heavy atom. The Balaban J connectivity index is 0.000000474. The van der Waals surface area contributed by atoms with Gasteiger partial charge in [-0.05, 0) is 48.5 Å². The van der Waals surface area contributed by atoms with Crippen LogP contribution in [0.4, 0.5) is 0 Å². The van der Waals surface area contributed by atoms with Crippen LogP contribution in [0.3, 0.4) is 0 Å². The summed E-state index contributed by atoms with van der Waals surface area (Å²) in [6.07, 6.45) is 7.50. The van der Waals surface area contributed by atoms with E-state index in [4.69, 9.17) is 0 Å². The molecule has 0 N–H and O–H groups in total. The number of benzene rings is 4. The third-order valence-corrected chi connectivity index (χ3v) is 13.0. The molecule has 4 heteroatoms. The van der Waals surface area contributed by atoms with E-state index in [0.29, 0.717) is 0 Å². The van der Waals surface area contributed by atoms with E-state index < -0.39 is 15.8 Å². The van der Waals surface area contributed by atoms with Crippen LogP contribution in [0, 0.1) is 7.43 Å². The van der Waals surface area contributed by atoms with Gasteiger partial charge in [-0.3, -0.25) is 0 Å². The van der Waals surface area contributed by atoms with E-state index in [1.165, 1.54) is 59.2 Å². The molecule has 5 rings (SSSR count). The van der Waals surface area contributed by atoms with Gasteiger partial charge in [0.25, 0.3) is 0 Å². The Bertz CT molecular complexity index is 859. The molecule has 0 unspecified atom stereocenters. The third kappa shape index (κ3) is 9.91. The molecule has 0 amide bonds. The van der Waals surface area contributed by atoms with Gasteiger partial charge in [-0.1, -0.05) is 105 Å². The molecule has 1 fully saturated rings. The van der Waals surface area contributed by atoms with Crippen LogP contribution >= 0.6 is 25.5 Å². The molecule has 0 atom stereocenters. The van der Waals surface area contributed by atoms with Crippen molar-refractivity contribution >= 4 is 46.8 Å². The number of hydrogen-bond donors (Lipinski definition) is 0. The molecular formula is C31H37ClP2Ru+2. The van der Waals surface area contributed by atoms with Crippen LogP contribution in [-0.4, -0.2) is 5.90 Å². The zero-order valence-corrected chi connectivity index (χ0v) is 25.0. The van der Waals surface area contributed by atoms with Crippen LogP contribution in [0.5, 0.6) is 0 Å². The fraction of sp³-hybridized carbons (Fsp3) is 0.194. The first kappa shape index (κ1) is 29.9. The first-order valence-electron chi connectivity index (χ1n) is 12.0. The van der Waals surface area contributed by atoms with Crippen molar-refractivity contribution in [2.24, 2.45) is 0 Å². The van der Waals surface area contributed by atoms with Crippen molar-refractivity contribution in [3.05, 3.63) is 129 Å². The van der Waals surface area contributed by atoms with E-state index in [0.717, 1.165) is 0 Å². The largest absolute Gasteiger partial charge is 0.174 e. The maximum Gasteiger partial charge on any atom is 0.174 e. The molecule has 1 aliphatic rings. The molecule has 4 aromatic carbocycles. The van der Waals surface area contributed by atoms with Gasteiger partial charge in [0.1, 0.15) is 37.1 Å². The molecule has 0 spiro atoms. The second-order valence-corrected chi connectivity index (χ2v) is 14.0. The Hall–Kier alpha value is -1.35. The average Bonchev–Trinajstić information content (AvgIpc) is 3.53. The molecule has 1 saturated carbocycles. The standard InChI is InChI=1S/C25H22P2.C5H10.CH3.ClH.Ru/c1-5-13-22(14-6-1)26(23-15-7-2-8-16-23)21-27(24-17-9-3-10-18-24)25-19-11-4-12-20-25;1-2-4-5-3-1;;;/h1-20H,21H2;1-5H2;1H3;1H;/q;;-1;;+2/p+1. The predicted molar refractivity (Wildman–Crippen MR) is 161 cm³/mol. The molecule has 184 valence electrons. The van der Waals surface area contributed by atoms with E-state index in [9.17, 15) is 0 Å². The van der Waals surface area contributed by atoms with Crippen LogP contribution in [0.25, 0.3) is 0 Å². The van der Waals surface area contributed by atoms with Crippen LogP contribution in [0.1, 0.15) is 32.1 Å². The van der Waals surface area contributed by atoms with Gasteiger partial charge in [-0.25, -0.2) is 0 Å². The Morgan fingerprint density at radius 1 is 0.429 bits per heavy atom. The van der Waals surface area contributed by atoms with E-state index >= 15 is 0 Å². The van der Waals surface area contributed by atoms with Crippen LogP contribution < -0.4 is 21.2 Å². The minimum absolute atomic E-state index is 0. The Kier molecular flexibility index (Phi) is 15.4. The summed E-state index contributed by atoms with van der Waals surface area (Å²) in [5.41, 5.74) is 0. The molecule has 1 aliphatic carbocycles. The van der Waals surface area contributed by atoms with Crippen molar-refractivity contribution < 1.29 is 17.3 Å². The van der Waals surface area contributed by atoms with Gasteiger partial charge >= 0.3 is 27.0 Å². The first-order chi connectivity index (χ1) is 16.9. The van der Waals surface area contributed by atoms with Crippen LogP contribution in [0.15, 0.2) is 121 Å². The predicted octanol–water partition coefficient (Wildman–Crippen LogP) is 7.76. The fourth-order valence-corrected chi connectivity index (χ4v) is 12.1. The maximum atomic E-state index is 4.57. The Labute approximate surface area is 229 Å². The van der Waals surface area contributed by atoms with Gasteiger partial charge in [-0.2, -0.15) is 0 Å². The summed E-state index contributed by atoms with van der Waals surface area (Å²) in [5, 5.41) is 6.01. The normalized spacial score (nSPS) is 12.1. The summed E-state index contributed by atoms with van der Waals surface area (Å²) < 4.78 is 0. The third-order valence-electron chi connectivity index (χ3n) is 6.09. The molecular weight excluding hydrogens is 571 g/mol. The first-order valence-corrected chi connectivity index (χ1v) is 17.6. The zero-order valence-electron chi connectivity index (χ0n) is 20.5. The maximum absolute atomic E-state index is 4.57. The van der Waals surface area contributed by atoms with E-state index in [-0.39, 0.29) is 7.43 Å². The van der Waals surface area contributed by atoms with E-state index in [1.54, 1.807) is 0 Å². The minimum Gasteiger partial charge on any atom is -0.0620 e. The minimum atomic E-state index is -0.847. The molecule has 0 aromatic heterocycles. The van der Waals surface area contributed by atoms with E-state index in [1.807, 2.05) is 17.3 Å². The molecule has 0 saturated heterocycles.